The zero-order valence-corrected chi connectivity index (χ0v) is 17.2. The fourth-order valence-corrected chi connectivity index (χ4v) is 5.68. The summed E-state index contributed by atoms with van der Waals surface area (Å²) in [5.41, 5.74) is 3.40. The predicted molar refractivity (Wildman–Crippen MR) is 109 cm³/mol. The lowest BCUT2D eigenvalue weighted by molar-refractivity contribution is -0.0950. The van der Waals surface area contributed by atoms with Crippen molar-refractivity contribution in [1.29, 1.82) is 0 Å². The van der Waals surface area contributed by atoms with E-state index in [1.54, 1.807) is 7.11 Å². The second-order valence-corrected chi connectivity index (χ2v) is 11.6. The minimum absolute atomic E-state index is 0.0397. The maximum Gasteiger partial charge on any atom is 0.119 e. The molecule has 2 aliphatic heterocycles. The van der Waals surface area contributed by atoms with Crippen LogP contribution in [0, 0.1) is 0 Å². The SMILES string of the molecule is COc1ccc2c(c1)C1(CCN(CP(C)(C)=O)CC1)OC2c1ccccc1. The Labute approximate surface area is 161 Å². The molecule has 2 heterocycles. The average molecular weight is 385 g/mol. The number of benzene rings is 2. The zero-order valence-electron chi connectivity index (χ0n) is 16.4. The van der Waals surface area contributed by atoms with Gasteiger partial charge in [0.05, 0.1) is 26.1 Å². The van der Waals surface area contributed by atoms with Crippen molar-refractivity contribution in [3.63, 3.8) is 0 Å². The molecule has 1 spiro atoms. The maximum atomic E-state index is 12.2. The Kier molecular flexibility index (Phi) is 4.92. The van der Waals surface area contributed by atoms with Crippen LogP contribution >= 0.6 is 7.14 Å². The van der Waals surface area contributed by atoms with Gasteiger partial charge in [0.1, 0.15) is 11.9 Å². The summed E-state index contributed by atoms with van der Waals surface area (Å²) in [6.07, 6.45) is 2.48. The monoisotopic (exact) mass is 385 g/mol. The van der Waals surface area contributed by atoms with Gasteiger partial charge in [0.2, 0.25) is 0 Å². The van der Waals surface area contributed by atoms with E-state index >= 15 is 0 Å². The van der Waals surface area contributed by atoms with Crippen LogP contribution in [0.1, 0.15) is 35.6 Å². The van der Waals surface area contributed by atoms with E-state index in [-0.39, 0.29) is 11.7 Å². The van der Waals surface area contributed by atoms with Crippen LogP contribution in [0.25, 0.3) is 0 Å². The first-order valence-corrected chi connectivity index (χ1v) is 12.4. The Hall–Kier alpha value is -1.61. The molecule has 2 aromatic carbocycles. The number of methoxy groups -OCH3 is 1. The van der Waals surface area contributed by atoms with Gasteiger partial charge in [-0.3, -0.25) is 4.90 Å². The molecule has 0 aromatic heterocycles. The molecule has 0 N–H and O–H groups in total. The van der Waals surface area contributed by atoms with E-state index in [1.165, 1.54) is 16.7 Å². The van der Waals surface area contributed by atoms with E-state index in [9.17, 15) is 4.57 Å². The van der Waals surface area contributed by atoms with Gasteiger partial charge < -0.3 is 14.0 Å². The van der Waals surface area contributed by atoms with Crippen molar-refractivity contribution in [2.24, 2.45) is 0 Å². The molecule has 5 heteroatoms. The summed E-state index contributed by atoms with van der Waals surface area (Å²) in [5, 5.41) is 0. The van der Waals surface area contributed by atoms with E-state index in [1.807, 2.05) is 25.5 Å². The van der Waals surface area contributed by atoms with Gasteiger partial charge in [0.25, 0.3) is 0 Å². The van der Waals surface area contributed by atoms with Crippen LogP contribution in [0.2, 0.25) is 0 Å². The highest BCUT2D eigenvalue weighted by Crippen LogP contribution is 2.52. The standard InChI is InChI=1S/C22H28NO3P/c1-25-18-9-10-19-20(15-18)22(26-21(19)17-7-5-4-6-8-17)11-13-23(14-12-22)16-27(2,3)24/h4-10,15,21H,11-14,16H2,1-3H3. The number of piperidine rings is 1. The molecular formula is C22H28NO3P. The molecule has 2 aliphatic rings. The number of ether oxygens (including phenoxy) is 2. The van der Waals surface area contributed by atoms with Crippen LogP contribution in [0.5, 0.6) is 5.75 Å². The Morgan fingerprint density at radius 1 is 1.15 bits per heavy atom. The van der Waals surface area contributed by atoms with Crippen LogP contribution in [-0.2, 0) is 14.9 Å². The van der Waals surface area contributed by atoms with Crippen molar-refractivity contribution in [2.45, 2.75) is 24.5 Å². The highest BCUT2D eigenvalue weighted by atomic mass is 31.2. The molecule has 0 bridgehead atoms. The van der Waals surface area contributed by atoms with Gasteiger partial charge >= 0.3 is 0 Å². The lowest BCUT2D eigenvalue weighted by Crippen LogP contribution is -2.42. The topological polar surface area (TPSA) is 38.8 Å². The van der Waals surface area contributed by atoms with E-state index in [0.29, 0.717) is 6.29 Å². The van der Waals surface area contributed by atoms with Crippen LogP contribution in [0.3, 0.4) is 0 Å². The van der Waals surface area contributed by atoms with Gasteiger partial charge in [-0.15, -0.1) is 0 Å². The average Bonchev–Trinajstić information content (AvgIpc) is 2.97. The normalized spacial score (nSPS) is 22.0. The summed E-state index contributed by atoms with van der Waals surface area (Å²) in [4.78, 5) is 2.32. The summed E-state index contributed by atoms with van der Waals surface area (Å²) in [5.74, 6) is 0.875. The Balaban J connectivity index is 1.66. The Morgan fingerprint density at radius 2 is 1.85 bits per heavy atom. The molecule has 27 heavy (non-hydrogen) atoms. The number of fused-ring (bicyclic) bond motifs is 2. The first-order valence-electron chi connectivity index (χ1n) is 9.58. The van der Waals surface area contributed by atoms with Crippen molar-refractivity contribution < 1.29 is 14.0 Å². The van der Waals surface area contributed by atoms with Crippen molar-refractivity contribution in [2.75, 3.05) is 39.8 Å². The second kappa shape index (κ2) is 7.09. The first kappa shape index (κ1) is 18.7. The summed E-state index contributed by atoms with van der Waals surface area (Å²) in [6, 6.07) is 16.8. The van der Waals surface area contributed by atoms with Gasteiger partial charge in [-0.1, -0.05) is 36.4 Å². The fraction of sp³-hybridized carbons (Fsp3) is 0.455. The lowest BCUT2D eigenvalue weighted by atomic mass is 9.83. The van der Waals surface area contributed by atoms with Crippen LogP contribution in [0.4, 0.5) is 0 Å². The highest BCUT2D eigenvalue weighted by Gasteiger charge is 2.47. The summed E-state index contributed by atoms with van der Waals surface area (Å²) >= 11 is 0. The minimum atomic E-state index is -2.05. The second-order valence-electron chi connectivity index (χ2n) is 8.19. The molecule has 2 aromatic rings. The molecular weight excluding hydrogens is 357 g/mol. The lowest BCUT2D eigenvalue weighted by Gasteiger charge is -2.40. The van der Waals surface area contributed by atoms with Crippen LogP contribution in [0.15, 0.2) is 48.5 Å². The van der Waals surface area contributed by atoms with Crippen molar-refractivity contribution in [3.8, 4) is 5.75 Å². The number of nitrogens with zero attached hydrogens (tertiary/aromatic N) is 1. The maximum absolute atomic E-state index is 12.2. The molecule has 144 valence electrons. The van der Waals surface area contributed by atoms with Crippen LogP contribution in [-0.4, -0.2) is 44.7 Å². The van der Waals surface area contributed by atoms with Crippen molar-refractivity contribution >= 4 is 7.14 Å². The van der Waals surface area contributed by atoms with Crippen molar-refractivity contribution in [3.05, 3.63) is 65.2 Å². The first-order chi connectivity index (χ1) is 12.9. The van der Waals surface area contributed by atoms with Gasteiger partial charge in [0, 0.05) is 13.1 Å². The van der Waals surface area contributed by atoms with E-state index < -0.39 is 7.14 Å². The number of hydrogen-bond acceptors (Lipinski definition) is 4. The molecule has 1 fully saturated rings. The molecule has 0 amide bonds. The number of likely N-dealkylation sites (tertiary alicyclic amines) is 1. The van der Waals surface area contributed by atoms with Crippen LogP contribution < -0.4 is 4.74 Å². The van der Waals surface area contributed by atoms with Gasteiger partial charge in [0.15, 0.2) is 0 Å². The van der Waals surface area contributed by atoms with Gasteiger partial charge in [-0.2, -0.15) is 0 Å². The minimum Gasteiger partial charge on any atom is -0.497 e. The molecule has 1 unspecified atom stereocenters. The predicted octanol–water partition coefficient (Wildman–Crippen LogP) is 4.69. The Morgan fingerprint density at radius 3 is 2.48 bits per heavy atom. The Bertz CT molecular complexity index is 853. The largest absolute Gasteiger partial charge is 0.497 e. The quantitative estimate of drug-likeness (QED) is 0.716. The fourth-order valence-electron chi connectivity index (χ4n) is 4.44. The van der Waals surface area contributed by atoms with E-state index in [0.717, 1.165) is 31.7 Å². The molecule has 0 radical (unpaired) electrons. The molecule has 1 atom stereocenters. The molecule has 1 saturated heterocycles. The highest BCUT2D eigenvalue weighted by molar-refractivity contribution is 7.62. The third kappa shape index (κ3) is 3.71. The molecule has 4 rings (SSSR count). The summed E-state index contributed by atoms with van der Waals surface area (Å²) < 4.78 is 24.5. The smallest absolute Gasteiger partial charge is 0.119 e. The summed E-state index contributed by atoms with van der Waals surface area (Å²) in [6.45, 7) is 5.55. The molecule has 0 saturated carbocycles. The van der Waals surface area contributed by atoms with E-state index in [2.05, 4.69) is 41.3 Å². The molecule has 4 nitrogen and oxygen atoms in total. The third-order valence-electron chi connectivity index (χ3n) is 5.68. The van der Waals surface area contributed by atoms with Crippen molar-refractivity contribution in [1.82, 2.24) is 4.90 Å². The summed E-state index contributed by atoms with van der Waals surface area (Å²) in [7, 11) is -0.341. The van der Waals surface area contributed by atoms with E-state index in [4.69, 9.17) is 9.47 Å². The van der Waals surface area contributed by atoms with Gasteiger partial charge in [-0.25, -0.2) is 0 Å². The number of hydrogen-bond donors (Lipinski definition) is 0. The zero-order chi connectivity index (χ0) is 19.1. The third-order valence-corrected chi connectivity index (χ3v) is 6.77. The van der Waals surface area contributed by atoms with Gasteiger partial charge in [-0.05, 0) is 55.0 Å². The molecule has 0 aliphatic carbocycles. The number of rotatable bonds is 4.